The van der Waals surface area contributed by atoms with E-state index in [-0.39, 0.29) is 11.7 Å². The lowest BCUT2D eigenvalue weighted by atomic mass is 9.94. The highest BCUT2D eigenvalue weighted by molar-refractivity contribution is 7.20. The Morgan fingerprint density at radius 2 is 2.11 bits per heavy atom. The van der Waals surface area contributed by atoms with Crippen LogP contribution in [0.25, 0.3) is 0 Å². The summed E-state index contributed by atoms with van der Waals surface area (Å²) < 4.78 is 6.47. The van der Waals surface area contributed by atoms with Crippen LogP contribution in [0.2, 0.25) is 8.67 Å². The summed E-state index contributed by atoms with van der Waals surface area (Å²) in [5, 5.41) is 0. The monoisotopic (exact) mass is 298 g/mol. The summed E-state index contributed by atoms with van der Waals surface area (Å²) in [5.41, 5.74) is 1.40. The number of thiophene rings is 1. The first-order valence-electron chi connectivity index (χ1n) is 5.37. The van der Waals surface area contributed by atoms with Crippen LogP contribution in [-0.2, 0) is 0 Å². The highest BCUT2D eigenvalue weighted by Gasteiger charge is 2.32. The van der Waals surface area contributed by atoms with Gasteiger partial charge in [0.25, 0.3) is 0 Å². The van der Waals surface area contributed by atoms with E-state index in [0.717, 1.165) is 11.3 Å². The number of hydrogen-bond acceptors (Lipinski definition) is 3. The zero-order valence-corrected chi connectivity index (χ0v) is 11.5. The Labute approximate surface area is 118 Å². The van der Waals surface area contributed by atoms with Crippen LogP contribution >= 0.6 is 34.5 Å². The van der Waals surface area contributed by atoms with Gasteiger partial charge in [-0.25, -0.2) is 0 Å². The Morgan fingerprint density at radius 3 is 2.83 bits per heavy atom. The first-order chi connectivity index (χ1) is 8.66. The van der Waals surface area contributed by atoms with Gasteiger partial charge in [-0.2, -0.15) is 0 Å². The van der Waals surface area contributed by atoms with Crippen LogP contribution in [0.4, 0.5) is 0 Å². The van der Waals surface area contributed by atoms with Gasteiger partial charge in [0, 0.05) is 11.1 Å². The average molecular weight is 299 g/mol. The van der Waals surface area contributed by atoms with Gasteiger partial charge in [-0.1, -0.05) is 41.4 Å². The third kappa shape index (κ3) is 1.92. The molecule has 0 fully saturated rings. The van der Waals surface area contributed by atoms with E-state index in [2.05, 4.69) is 0 Å². The van der Waals surface area contributed by atoms with E-state index < -0.39 is 0 Å². The SMILES string of the molecule is O=C(c1cc(Cl)sc1Cl)C1COc2ccccc21. The van der Waals surface area contributed by atoms with Crippen molar-refractivity contribution in [3.8, 4) is 5.75 Å². The van der Waals surface area contributed by atoms with Gasteiger partial charge < -0.3 is 4.74 Å². The molecule has 2 aromatic rings. The maximum atomic E-state index is 12.4. The first-order valence-corrected chi connectivity index (χ1v) is 6.95. The molecule has 0 saturated carbocycles. The second kappa shape index (κ2) is 4.57. The largest absolute Gasteiger partial charge is 0.492 e. The number of benzene rings is 1. The average Bonchev–Trinajstić information content (AvgIpc) is 2.92. The van der Waals surface area contributed by atoms with Gasteiger partial charge in [-0.15, -0.1) is 11.3 Å². The van der Waals surface area contributed by atoms with Crippen molar-refractivity contribution >= 4 is 40.3 Å². The summed E-state index contributed by atoms with van der Waals surface area (Å²) in [6, 6.07) is 9.19. The molecule has 2 nitrogen and oxygen atoms in total. The van der Waals surface area contributed by atoms with Crippen molar-refractivity contribution in [2.45, 2.75) is 5.92 Å². The number of halogens is 2. The number of rotatable bonds is 2. The number of carbonyl (C=O) groups excluding carboxylic acids is 1. The minimum atomic E-state index is -0.288. The highest BCUT2D eigenvalue weighted by Crippen LogP contribution is 2.39. The molecule has 0 radical (unpaired) electrons. The summed E-state index contributed by atoms with van der Waals surface area (Å²) in [4.78, 5) is 12.4. The number of Topliss-reactive ketones (excluding diaryl/α,β-unsaturated/α-hetero) is 1. The smallest absolute Gasteiger partial charge is 0.176 e. The molecule has 0 amide bonds. The molecule has 3 rings (SSSR count). The van der Waals surface area contributed by atoms with Gasteiger partial charge in [-0.05, 0) is 12.1 Å². The molecule has 0 N–H and O–H groups in total. The van der Waals surface area contributed by atoms with Gasteiger partial charge >= 0.3 is 0 Å². The van der Waals surface area contributed by atoms with Crippen molar-refractivity contribution in [3.05, 3.63) is 50.1 Å². The summed E-state index contributed by atoms with van der Waals surface area (Å²) in [6.07, 6.45) is 0. The zero-order valence-electron chi connectivity index (χ0n) is 9.15. The summed E-state index contributed by atoms with van der Waals surface area (Å²) in [6.45, 7) is 0.363. The van der Waals surface area contributed by atoms with E-state index in [1.54, 1.807) is 6.07 Å². The molecular weight excluding hydrogens is 291 g/mol. The molecule has 5 heteroatoms. The fraction of sp³-hybridized carbons (Fsp3) is 0.154. The van der Waals surface area contributed by atoms with E-state index in [1.165, 1.54) is 11.3 Å². The molecule has 2 heterocycles. The standard InChI is InChI=1S/C13H8Cl2O2S/c14-11-5-8(13(15)18-11)12(16)9-6-17-10-4-2-1-3-7(9)10/h1-5,9H,6H2. The molecule has 1 atom stereocenters. The van der Waals surface area contributed by atoms with Crippen molar-refractivity contribution in [1.82, 2.24) is 0 Å². The van der Waals surface area contributed by atoms with Gasteiger partial charge in [0.2, 0.25) is 0 Å². The van der Waals surface area contributed by atoms with E-state index in [9.17, 15) is 4.79 Å². The Balaban J connectivity index is 1.98. The fourth-order valence-electron chi connectivity index (χ4n) is 2.08. The first kappa shape index (κ1) is 12.0. The molecule has 92 valence electrons. The second-order valence-electron chi connectivity index (χ2n) is 4.00. The lowest BCUT2D eigenvalue weighted by molar-refractivity contribution is 0.0948. The minimum Gasteiger partial charge on any atom is -0.492 e. The van der Waals surface area contributed by atoms with Crippen LogP contribution in [0.3, 0.4) is 0 Å². The molecule has 0 aliphatic carbocycles. The molecule has 1 aliphatic heterocycles. The predicted octanol–water partition coefficient (Wildman–Crippen LogP) is 4.41. The lowest BCUT2D eigenvalue weighted by Gasteiger charge is -2.06. The predicted molar refractivity (Wildman–Crippen MR) is 73.3 cm³/mol. The number of para-hydroxylation sites is 1. The molecule has 18 heavy (non-hydrogen) atoms. The third-order valence-corrected chi connectivity index (χ3v) is 4.43. The normalized spacial score (nSPS) is 17.3. The third-order valence-electron chi connectivity index (χ3n) is 2.94. The molecule has 0 saturated heterocycles. The maximum absolute atomic E-state index is 12.4. The molecule has 0 bridgehead atoms. The molecule has 1 aliphatic rings. The summed E-state index contributed by atoms with van der Waals surface area (Å²) in [7, 11) is 0. The Bertz CT molecular complexity index is 621. The fourth-order valence-corrected chi connectivity index (χ4v) is 3.55. The van der Waals surface area contributed by atoms with Crippen LogP contribution in [0, 0.1) is 0 Å². The van der Waals surface area contributed by atoms with Crippen LogP contribution in [0.15, 0.2) is 30.3 Å². The number of ether oxygens (including phenoxy) is 1. The lowest BCUT2D eigenvalue weighted by Crippen LogP contribution is -2.13. The summed E-state index contributed by atoms with van der Waals surface area (Å²) >= 11 is 13.1. The number of ketones is 1. The van der Waals surface area contributed by atoms with Gasteiger partial charge in [0.05, 0.1) is 10.3 Å². The maximum Gasteiger partial charge on any atom is 0.176 e. The Hall–Kier alpha value is -1.03. The van der Waals surface area contributed by atoms with Crippen molar-refractivity contribution < 1.29 is 9.53 Å². The number of hydrogen-bond donors (Lipinski definition) is 0. The van der Waals surface area contributed by atoms with Crippen LogP contribution in [0.1, 0.15) is 21.8 Å². The quantitative estimate of drug-likeness (QED) is 0.768. The number of carbonyl (C=O) groups is 1. The molecule has 1 aromatic carbocycles. The van der Waals surface area contributed by atoms with Gasteiger partial charge in [0.15, 0.2) is 5.78 Å². The van der Waals surface area contributed by atoms with Gasteiger partial charge in [-0.3, -0.25) is 4.79 Å². The second-order valence-corrected chi connectivity index (χ2v) is 6.29. The van der Waals surface area contributed by atoms with E-state index >= 15 is 0 Å². The van der Waals surface area contributed by atoms with Crippen molar-refractivity contribution in [2.24, 2.45) is 0 Å². The van der Waals surface area contributed by atoms with Crippen molar-refractivity contribution in [2.75, 3.05) is 6.61 Å². The summed E-state index contributed by atoms with van der Waals surface area (Å²) in [5.74, 6) is 0.450. The highest BCUT2D eigenvalue weighted by atomic mass is 35.5. The van der Waals surface area contributed by atoms with Crippen LogP contribution in [-0.4, -0.2) is 12.4 Å². The van der Waals surface area contributed by atoms with E-state index in [0.29, 0.717) is 20.8 Å². The van der Waals surface area contributed by atoms with Crippen LogP contribution in [0.5, 0.6) is 5.75 Å². The Morgan fingerprint density at radius 1 is 1.33 bits per heavy atom. The van der Waals surface area contributed by atoms with E-state index in [1.807, 2.05) is 24.3 Å². The Kier molecular flexibility index (Phi) is 3.06. The van der Waals surface area contributed by atoms with Crippen molar-refractivity contribution in [1.29, 1.82) is 0 Å². The molecule has 1 aromatic heterocycles. The topological polar surface area (TPSA) is 26.3 Å². The molecule has 1 unspecified atom stereocenters. The number of fused-ring (bicyclic) bond motifs is 1. The van der Waals surface area contributed by atoms with Gasteiger partial charge in [0.1, 0.15) is 16.7 Å². The van der Waals surface area contributed by atoms with Crippen LogP contribution < -0.4 is 4.74 Å². The molecular formula is C13H8Cl2O2S. The van der Waals surface area contributed by atoms with E-state index in [4.69, 9.17) is 27.9 Å². The molecule has 0 spiro atoms. The zero-order chi connectivity index (χ0) is 12.7. The van der Waals surface area contributed by atoms with Crippen molar-refractivity contribution in [3.63, 3.8) is 0 Å². The minimum absolute atomic E-state index is 0.0342.